The molecule has 0 unspecified atom stereocenters. The Morgan fingerprint density at radius 3 is 2.08 bits per heavy atom. The molecule has 5 aromatic rings. The Morgan fingerprint density at radius 1 is 0.769 bits per heavy atom. The van der Waals surface area contributed by atoms with E-state index in [2.05, 4.69) is 47.0 Å². The van der Waals surface area contributed by atoms with E-state index in [4.69, 9.17) is 19.4 Å². The molecule has 0 aliphatic carbocycles. The van der Waals surface area contributed by atoms with E-state index in [1.165, 1.54) is 12.7 Å². The van der Waals surface area contributed by atoms with Gasteiger partial charge in [0.1, 0.15) is 18.2 Å². The van der Waals surface area contributed by atoms with Crippen LogP contribution in [0.4, 0.5) is 0 Å². The molecule has 0 saturated carbocycles. The summed E-state index contributed by atoms with van der Waals surface area (Å²) in [6, 6.07) is 32.5. The largest absolute Gasteiger partial charge is 0.492 e. The van der Waals surface area contributed by atoms with Gasteiger partial charge < -0.3 is 14.0 Å². The van der Waals surface area contributed by atoms with Crippen molar-refractivity contribution in [1.29, 1.82) is 0 Å². The maximum Gasteiger partial charge on any atom is 0.314 e. The molecule has 0 N–H and O–H groups in total. The molecule has 0 amide bonds. The highest BCUT2D eigenvalue weighted by molar-refractivity contribution is 5.76. The molecule has 0 radical (unpaired) electrons. The van der Waals surface area contributed by atoms with Crippen molar-refractivity contribution in [2.45, 2.75) is 20.4 Å². The molecule has 6 heteroatoms. The number of imidazole rings is 1. The molecule has 0 atom stereocenters. The van der Waals surface area contributed by atoms with Crippen molar-refractivity contribution in [2.24, 2.45) is 5.41 Å². The molecular weight excluding hydrogens is 486 g/mol. The van der Waals surface area contributed by atoms with Gasteiger partial charge in [0.15, 0.2) is 0 Å². The van der Waals surface area contributed by atoms with Crippen LogP contribution in [-0.4, -0.2) is 34.2 Å². The summed E-state index contributed by atoms with van der Waals surface area (Å²) in [6.45, 7) is 4.53. The third kappa shape index (κ3) is 5.91. The van der Waals surface area contributed by atoms with E-state index in [0.29, 0.717) is 12.3 Å². The Hall–Kier alpha value is -4.71. The molecule has 0 aliphatic rings. The fraction of sp³-hybridized carbons (Fsp3) is 0.182. The first kappa shape index (κ1) is 25.9. The van der Waals surface area contributed by atoms with E-state index in [0.717, 1.165) is 33.9 Å². The minimum absolute atomic E-state index is 0.229. The molecule has 39 heavy (non-hydrogen) atoms. The van der Waals surface area contributed by atoms with Gasteiger partial charge in [-0.25, -0.2) is 4.98 Å². The van der Waals surface area contributed by atoms with Crippen molar-refractivity contribution < 1.29 is 14.3 Å². The zero-order valence-electron chi connectivity index (χ0n) is 22.4. The summed E-state index contributed by atoms with van der Waals surface area (Å²) in [6.07, 6.45) is 3.80. The lowest BCUT2D eigenvalue weighted by molar-refractivity contribution is -0.152. The van der Waals surface area contributed by atoms with Crippen LogP contribution in [0.15, 0.2) is 109 Å². The third-order valence-corrected chi connectivity index (χ3v) is 6.62. The summed E-state index contributed by atoms with van der Waals surface area (Å²) in [5.74, 6) is 1.25. The average Bonchev–Trinajstić information content (AvgIpc) is 3.40. The van der Waals surface area contributed by atoms with Gasteiger partial charge in [-0.15, -0.1) is 0 Å². The Balaban J connectivity index is 1.37. The molecule has 0 fully saturated rings. The molecule has 5 rings (SSSR count). The number of aromatic nitrogens is 3. The second-order valence-corrected chi connectivity index (χ2v) is 10.0. The van der Waals surface area contributed by atoms with E-state index in [-0.39, 0.29) is 12.6 Å². The molecule has 0 aliphatic heterocycles. The predicted molar refractivity (Wildman–Crippen MR) is 153 cm³/mol. The van der Waals surface area contributed by atoms with E-state index in [9.17, 15) is 4.79 Å². The number of nitrogens with zero attached hydrogens (tertiary/aromatic N) is 3. The zero-order chi connectivity index (χ0) is 27.2. The third-order valence-electron chi connectivity index (χ3n) is 6.62. The van der Waals surface area contributed by atoms with Gasteiger partial charge in [0.25, 0.3) is 0 Å². The Morgan fingerprint density at radius 2 is 1.44 bits per heavy atom. The highest BCUT2D eigenvalue weighted by Crippen LogP contribution is 2.29. The summed E-state index contributed by atoms with van der Waals surface area (Å²) < 4.78 is 12.9. The van der Waals surface area contributed by atoms with Gasteiger partial charge in [-0.1, -0.05) is 60.7 Å². The lowest BCUT2D eigenvalue weighted by atomic mass is 9.95. The van der Waals surface area contributed by atoms with Crippen molar-refractivity contribution in [2.75, 3.05) is 13.7 Å². The normalized spacial score (nSPS) is 11.3. The van der Waals surface area contributed by atoms with Gasteiger partial charge in [-0.3, -0.25) is 9.78 Å². The van der Waals surface area contributed by atoms with Crippen molar-refractivity contribution in [3.63, 3.8) is 0 Å². The Kier molecular flexibility index (Phi) is 7.55. The average molecular weight is 518 g/mol. The number of pyridine rings is 1. The number of carbonyl (C=O) groups is 1. The fourth-order valence-electron chi connectivity index (χ4n) is 4.39. The smallest absolute Gasteiger partial charge is 0.314 e. The molecular formula is C33H31N3O3. The lowest BCUT2D eigenvalue weighted by Crippen LogP contribution is -2.32. The van der Waals surface area contributed by atoms with Crippen LogP contribution in [0.1, 0.15) is 19.4 Å². The predicted octanol–water partition coefficient (Wildman–Crippen LogP) is 6.91. The summed E-state index contributed by atoms with van der Waals surface area (Å²) in [5.41, 5.74) is 5.43. The van der Waals surface area contributed by atoms with Crippen LogP contribution in [0.3, 0.4) is 0 Å². The van der Waals surface area contributed by atoms with Crippen LogP contribution in [0.25, 0.3) is 33.9 Å². The summed E-state index contributed by atoms with van der Waals surface area (Å²) >= 11 is 0. The molecule has 0 spiro atoms. The highest BCUT2D eigenvalue weighted by atomic mass is 16.5. The number of hydrogen-bond donors (Lipinski definition) is 0. The number of esters is 1. The minimum atomic E-state index is -0.725. The molecule has 0 bridgehead atoms. The SMILES string of the molecule is COC(=O)C(C)(C)COc1ccc(-c2ccc(-c3ncc(-c4ccccc4)n3Cc3ccccc3)cn2)cc1. The number of methoxy groups -OCH3 is 1. The second kappa shape index (κ2) is 11.4. The molecule has 2 heterocycles. The number of benzene rings is 3. The van der Waals surface area contributed by atoms with Crippen LogP contribution in [0.2, 0.25) is 0 Å². The van der Waals surface area contributed by atoms with Crippen LogP contribution in [0, 0.1) is 5.41 Å². The van der Waals surface area contributed by atoms with Gasteiger partial charge in [0.05, 0.1) is 30.1 Å². The quantitative estimate of drug-likeness (QED) is 0.199. The maximum absolute atomic E-state index is 11.9. The second-order valence-electron chi connectivity index (χ2n) is 10.0. The summed E-state index contributed by atoms with van der Waals surface area (Å²) in [4.78, 5) is 21.4. The molecule has 3 aromatic carbocycles. The number of rotatable bonds is 9. The van der Waals surface area contributed by atoms with E-state index < -0.39 is 5.41 Å². The van der Waals surface area contributed by atoms with Crippen LogP contribution in [-0.2, 0) is 16.1 Å². The van der Waals surface area contributed by atoms with Crippen molar-refractivity contribution in [1.82, 2.24) is 14.5 Å². The van der Waals surface area contributed by atoms with Crippen LogP contribution < -0.4 is 4.74 Å². The van der Waals surface area contributed by atoms with Crippen LogP contribution in [0.5, 0.6) is 5.75 Å². The lowest BCUT2D eigenvalue weighted by Gasteiger charge is -2.21. The van der Waals surface area contributed by atoms with E-state index in [1.54, 1.807) is 13.8 Å². The van der Waals surface area contributed by atoms with Crippen molar-refractivity contribution in [3.8, 4) is 39.7 Å². The minimum Gasteiger partial charge on any atom is -0.492 e. The maximum atomic E-state index is 11.9. The number of carbonyl (C=O) groups excluding carboxylic acids is 1. The molecule has 6 nitrogen and oxygen atoms in total. The van der Waals surface area contributed by atoms with E-state index >= 15 is 0 Å². The zero-order valence-corrected chi connectivity index (χ0v) is 22.4. The van der Waals surface area contributed by atoms with Crippen LogP contribution >= 0.6 is 0 Å². The fourth-order valence-corrected chi connectivity index (χ4v) is 4.39. The summed E-state index contributed by atoms with van der Waals surface area (Å²) in [7, 11) is 1.38. The molecule has 0 saturated heterocycles. The highest BCUT2D eigenvalue weighted by Gasteiger charge is 2.29. The first-order valence-corrected chi connectivity index (χ1v) is 12.9. The number of ether oxygens (including phenoxy) is 2. The molecule has 2 aromatic heterocycles. The van der Waals surface area contributed by atoms with Gasteiger partial charge in [-0.2, -0.15) is 0 Å². The first-order chi connectivity index (χ1) is 18.9. The number of hydrogen-bond acceptors (Lipinski definition) is 5. The Bertz CT molecular complexity index is 1530. The standard InChI is InChI=1S/C33H31N3O3/c1-33(2,32(37)38-3)23-39-28-17-14-25(15-18-28)29-19-16-27(20-34-29)31-35-21-30(26-12-8-5-9-13-26)36(31)22-24-10-6-4-7-11-24/h4-21H,22-23H2,1-3H3. The van der Waals surface area contributed by atoms with Gasteiger partial charge >= 0.3 is 5.97 Å². The van der Waals surface area contributed by atoms with Gasteiger partial charge in [0.2, 0.25) is 0 Å². The van der Waals surface area contributed by atoms with Gasteiger partial charge in [0, 0.05) is 23.9 Å². The van der Waals surface area contributed by atoms with Gasteiger partial charge in [-0.05, 0) is 61.4 Å². The first-order valence-electron chi connectivity index (χ1n) is 12.9. The van der Waals surface area contributed by atoms with E-state index in [1.807, 2.05) is 67.0 Å². The van der Waals surface area contributed by atoms with Crippen molar-refractivity contribution >= 4 is 5.97 Å². The van der Waals surface area contributed by atoms with Crippen molar-refractivity contribution in [3.05, 3.63) is 115 Å². The molecule has 196 valence electrons. The Labute approximate surface area is 228 Å². The summed E-state index contributed by atoms with van der Waals surface area (Å²) in [5, 5.41) is 0. The topological polar surface area (TPSA) is 66.2 Å². The monoisotopic (exact) mass is 517 g/mol.